The van der Waals surface area contributed by atoms with Gasteiger partial charge in [-0.3, -0.25) is 14.4 Å². The number of Topliss-reactive ketones (excluding diaryl/α,β-unsaturated/α-hetero) is 1. The number of hydrogen-bond acceptors (Lipinski definition) is 7. The standard InChI is InChI=1S/C22H35N3O4S/c1-4-14-25(2)16-10-12-18-19(15-16)30-22(23-18)24-20(27)13-11-17(26)8-6-5-7-9-21(28)29-3/h16H,4-15H2,1-3H3,(H,23,24,27)/t16-/m0/s1. The Morgan fingerprint density at radius 2 is 1.93 bits per heavy atom. The van der Waals surface area contributed by atoms with Gasteiger partial charge in [0, 0.05) is 36.6 Å². The molecular weight excluding hydrogens is 402 g/mol. The van der Waals surface area contributed by atoms with Crippen LogP contribution in [-0.2, 0) is 32.0 Å². The van der Waals surface area contributed by atoms with Crippen LogP contribution in [0.15, 0.2) is 0 Å². The molecule has 0 aromatic carbocycles. The van der Waals surface area contributed by atoms with Crippen LogP contribution >= 0.6 is 11.3 Å². The van der Waals surface area contributed by atoms with Gasteiger partial charge < -0.3 is 15.0 Å². The monoisotopic (exact) mass is 437 g/mol. The molecule has 0 radical (unpaired) electrons. The number of ether oxygens (including phenoxy) is 1. The van der Waals surface area contributed by atoms with Crippen LogP contribution in [-0.4, -0.2) is 54.3 Å². The number of rotatable bonds is 13. The largest absolute Gasteiger partial charge is 0.469 e. The zero-order chi connectivity index (χ0) is 21.9. The van der Waals surface area contributed by atoms with E-state index in [-0.39, 0.29) is 30.5 Å². The van der Waals surface area contributed by atoms with Crippen LogP contribution in [0.5, 0.6) is 0 Å². The molecule has 0 bridgehead atoms. The summed E-state index contributed by atoms with van der Waals surface area (Å²) in [5, 5.41) is 3.52. The molecule has 2 rings (SSSR count). The van der Waals surface area contributed by atoms with E-state index >= 15 is 0 Å². The lowest BCUT2D eigenvalue weighted by atomic mass is 9.96. The maximum absolute atomic E-state index is 12.2. The number of likely N-dealkylation sites (N-methyl/N-ethyl adjacent to an activating group) is 1. The Morgan fingerprint density at radius 3 is 2.67 bits per heavy atom. The van der Waals surface area contributed by atoms with Gasteiger partial charge in [-0.25, -0.2) is 4.98 Å². The smallest absolute Gasteiger partial charge is 0.305 e. The molecule has 1 heterocycles. The van der Waals surface area contributed by atoms with Gasteiger partial charge in [-0.05, 0) is 52.1 Å². The van der Waals surface area contributed by atoms with Crippen molar-refractivity contribution in [3.05, 3.63) is 10.6 Å². The van der Waals surface area contributed by atoms with Gasteiger partial charge in [0.25, 0.3) is 0 Å². The van der Waals surface area contributed by atoms with Crippen molar-refractivity contribution in [3.8, 4) is 0 Å². The van der Waals surface area contributed by atoms with Crippen molar-refractivity contribution in [3.63, 3.8) is 0 Å². The third kappa shape index (κ3) is 8.14. The molecule has 1 aromatic rings. The molecule has 0 spiro atoms. The summed E-state index contributed by atoms with van der Waals surface area (Å²) in [5.41, 5.74) is 1.11. The number of anilines is 1. The highest BCUT2D eigenvalue weighted by atomic mass is 32.1. The van der Waals surface area contributed by atoms with Gasteiger partial charge in [-0.15, -0.1) is 11.3 Å². The van der Waals surface area contributed by atoms with E-state index in [9.17, 15) is 14.4 Å². The van der Waals surface area contributed by atoms with Crippen LogP contribution in [0.2, 0.25) is 0 Å². The summed E-state index contributed by atoms with van der Waals surface area (Å²) in [6.45, 7) is 3.29. The summed E-state index contributed by atoms with van der Waals surface area (Å²) in [7, 11) is 3.56. The number of unbranched alkanes of at least 4 members (excludes halogenated alkanes) is 2. The number of carbonyl (C=O) groups is 3. The van der Waals surface area contributed by atoms with Gasteiger partial charge in [0.05, 0.1) is 12.8 Å². The lowest BCUT2D eigenvalue weighted by Gasteiger charge is -2.30. The minimum atomic E-state index is -0.217. The summed E-state index contributed by atoms with van der Waals surface area (Å²) >= 11 is 1.57. The Hall–Kier alpha value is -1.80. The van der Waals surface area contributed by atoms with Crippen molar-refractivity contribution in [2.75, 3.05) is 26.0 Å². The van der Waals surface area contributed by atoms with Crippen LogP contribution in [0.3, 0.4) is 0 Å². The topological polar surface area (TPSA) is 88.6 Å². The number of ketones is 1. The Balaban J connectivity index is 1.67. The maximum atomic E-state index is 12.2. The van der Waals surface area contributed by atoms with E-state index in [4.69, 9.17) is 0 Å². The van der Waals surface area contributed by atoms with Crippen LogP contribution in [0.25, 0.3) is 0 Å². The highest BCUT2D eigenvalue weighted by Crippen LogP contribution is 2.31. The van der Waals surface area contributed by atoms with Crippen molar-refractivity contribution < 1.29 is 19.1 Å². The van der Waals surface area contributed by atoms with E-state index in [0.717, 1.165) is 57.2 Å². The Kier molecular flexibility index (Phi) is 10.4. The number of nitrogens with one attached hydrogen (secondary N) is 1. The number of carbonyl (C=O) groups excluding carboxylic acids is 3. The van der Waals surface area contributed by atoms with Gasteiger partial charge in [-0.2, -0.15) is 0 Å². The number of hydrogen-bond donors (Lipinski definition) is 1. The fourth-order valence-corrected chi connectivity index (χ4v) is 4.85. The first kappa shape index (κ1) is 24.5. The van der Waals surface area contributed by atoms with E-state index < -0.39 is 0 Å². The highest BCUT2D eigenvalue weighted by molar-refractivity contribution is 7.15. The third-order valence-corrected chi connectivity index (χ3v) is 6.59. The van der Waals surface area contributed by atoms with Crippen LogP contribution in [0.1, 0.15) is 75.3 Å². The predicted octanol–water partition coefficient (Wildman–Crippen LogP) is 3.75. The third-order valence-electron chi connectivity index (χ3n) is 5.55. The first-order valence-corrected chi connectivity index (χ1v) is 11.8. The molecule has 0 saturated carbocycles. The summed E-state index contributed by atoms with van der Waals surface area (Å²) in [6.07, 6.45) is 7.76. The van der Waals surface area contributed by atoms with Gasteiger partial charge >= 0.3 is 5.97 Å². The lowest BCUT2D eigenvalue weighted by Crippen LogP contribution is -2.36. The molecule has 30 heavy (non-hydrogen) atoms. The first-order valence-electron chi connectivity index (χ1n) is 11.0. The van der Waals surface area contributed by atoms with Crippen molar-refractivity contribution in [1.29, 1.82) is 0 Å². The fraction of sp³-hybridized carbons (Fsp3) is 0.727. The van der Waals surface area contributed by atoms with Crippen molar-refractivity contribution in [1.82, 2.24) is 9.88 Å². The molecule has 1 aliphatic rings. The molecule has 1 aromatic heterocycles. The molecule has 0 saturated heterocycles. The fourth-order valence-electron chi connectivity index (χ4n) is 3.75. The summed E-state index contributed by atoms with van der Waals surface area (Å²) in [6, 6.07) is 0.548. The summed E-state index contributed by atoms with van der Waals surface area (Å²) in [4.78, 5) is 43.5. The van der Waals surface area contributed by atoms with E-state index in [1.165, 1.54) is 12.0 Å². The van der Waals surface area contributed by atoms with Crippen molar-refractivity contribution in [2.24, 2.45) is 0 Å². The Labute approximate surface area is 183 Å². The van der Waals surface area contributed by atoms with Gasteiger partial charge in [0.2, 0.25) is 5.91 Å². The maximum Gasteiger partial charge on any atom is 0.305 e. The molecule has 0 fully saturated rings. The van der Waals surface area contributed by atoms with Crippen molar-refractivity contribution >= 4 is 34.1 Å². The van der Waals surface area contributed by atoms with Gasteiger partial charge in [0.1, 0.15) is 5.78 Å². The minimum absolute atomic E-state index is 0.0865. The zero-order valence-corrected chi connectivity index (χ0v) is 19.3. The number of aromatic nitrogens is 1. The van der Waals surface area contributed by atoms with E-state index in [2.05, 4.69) is 33.9 Å². The number of nitrogens with zero attached hydrogens (tertiary/aromatic N) is 2. The molecule has 1 N–H and O–H groups in total. The molecule has 1 atom stereocenters. The quantitative estimate of drug-likeness (QED) is 0.373. The second-order valence-electron chi connectivity index (χ2n) is 7.99. The lowest BCUT2D eigenvalue weighted by molar-refractivity contribution is -0.140. The van der Waals surface area contributed by atoms with Gasteiger partial charge in [0.15, 0.2) is 5.13 Å². The number of thiazole rings is 1. The summed E-state index contributed by atoms with van der Waals surface area (Å²) < 4.78 is 4.59. The van der Waals surface area contributed by atoms with Crippen molar-refractivity contribution in [2.45, 2.75) is 83.6 Å². The van der Waals surface area contributed by atoms with Crippen LogP contribution in [0.4, 0.5) is 5.13 Å². The molecule has 1 aliphatic carbocycles. The molecular formula is C22H35N3O4S. The zero-order valence-electron chi connectivity index (χ0n) is 18.5. The number of methoxy groups -OCH3 is 1. The SMILES string of the molecule is CCCN(C)[C@H]1CCc2nc(NC(=O)CCC(=O)CCCCCC(=O)OC)sc2C1. The molecule has 0 unspecified atom stereocenters. The van der Waals surface area contributed by atoms with E-state index in [0.29, 0.717) is 24.0 Å². The van der Waals surface area contributed by atoms with Crippen LogP contribution < -0.4 is 5.32 Å². The molecule has 8 heteroatoms. The Morgan fingerprint density at radius 1 is 1.17 bits per heavy atom. The second-order valence-corrected chi connectivity index (χ2v) is 9.07. The molecule has 168 valence electrons. The van der Waals surface area contributed by atoms with E-state index in [1.54, 1.807) is 11.3 Å². The molecule has 1 amide bonds. The number of aryl methyl sites for hydroxylation is 1. The average molecular weight is 438 g/mol. The molecule has 7 nitrogen and oxygen atoms in total. The van der Waals surface area contributed by atoms with Crippen LogP contribution in [0, 0.1) is 0 Å². The minimum Gasteiger partial charge on any atom is -0.469 e. The average Bonchev–Trinajstić information content (AvgIpc) is 3.13. The normalized spacial score (nSPS) is 15.7. The van der Waals surface area contributed by atoms with Gasteiger partial charge in [-0.1, -0.05) is 13.3 Å². The Bertz CT molecular complexity index is 719. The number of esters is 1. The predicted molar refractivity (Wildman–Crippen MR) is 119 cm³/mol. The second kappa shape index (κ2) is 12.8. The highest BCUT2D eigenvalue weighted by Gasteiger charge is 2.25. The first-order chi connectivity index (χ1) is 14.4. The van der Waals surface area contributed by atoms with E-state index in [1.807, 2.05) is 0 Å². The molecule has 0 aliphatic heterocycles. The number of amides is 1. The number of fused-ring (bicyclic) bond motifs is 1. The summed E-state index contributed by atoms with van der Waals surface area (Å²) in [5.74, 6) is -0.284.